The lowest BCUT2D eigenvalue weighted by atomic mass is 9.96. The predicted molar refractivity (Wildman–Crippen MR) is 196 cm³/mol. The molecule has 2 fully saturated rings. The number of ether oxygens (including phenoxy) is 3. The molecule has 4 rings (SSSR count). The molecule has 0 saturated heterocycles. The molecule has 0 amide bonds. The van der Waals surface area contributed by atoms with E-state index in [9.17, 15) is 9.59 Å². The van der Waals surface area contributed by atoms with Crippen LogP contribution in [0.5, 0.6) is 11.5 Å². The fourth-order valence-corrected chi connectivity index (χ4v) is 9.26. The van der Waals surface area contributed by atoms with Crippen LogP contribution in [0.2, 0.25) is 0 Å². The Morgan fingerprint density at radius 3 is 1.74 bits per heavy atom. The highest BCUT2D eigenvalue weighted by Crippen LogP contribution is 2.36. The Morgan fingerprint density at radius 1 is 0.787 bits per heavy atom. The summed E-state index contributed by atoms with van der Waals surface area (Å²) in [4.78, 5) is 24.0. The van der Waals surface area contributed by atoms with E-state index in [2.05, 4.69) is 49.9 Å². The largest absolute Gasteiger partial charge is 0.492 e. The molecule has 0 aliphatic heterocycles. The van der Waals surface area contributed by atoms with E-state index in [0.29, 0.717) is 11.0 Å². The van der Waals surface area contributed by atoms with Crippen molar-refractivity contribution < 1.29 is 28.9 Å². The second kappa shape index (κ2) is 17.7. The number of esters is 1. The molecule has 258 valence electrons. The number of rotatable bonds is 15. The Balaban J connectivity index is 1.43. The number of carboxylic acids is 1. The molecule has 0 bridgehead atoms. The van der Waals surface area contributed by atoms with Gasteiger partial charge in [0.15, 0.2) is 5.60 Å². The SMILES string of the molecule is CC(=CC(=O)O)C(=O)OC(C)(COc1c(C)cc(-c2cc(C)c(OCCSC3CCCCC3)c(C)c2)cc1C)CSC1CCCCC1. The van der Waals surface area contributed by atoms with Gasteiger partial charge in [0.05, 0.1) is 6.61 Å². The Morgan fingerprint density at radius 2 is 1.26 bits per heavy atom. The van der Waals surface area contributed by atoms with Gasteiger partial charge in [-0.2, -0.15) is 23.5 Å². The van der Waals surface area contributed by atoms with Crippen molar-refractivity contribution in [2.24, 2.45) is 0 Å². The molecule has 1 unspecified atom stereocenters. The minimum absolute atomic E-state index is 0.0587. The zero-order chi connectivity index (χ0) is 34.0. The Bertz CT molecular complexity index is 1360. The molecule has 2 saturated carbocycles. The number of hydrogen-bond donors (Lipinski definition) is 1. The van der Waals surface area contributed by atoms with E-state index in [-0.39, 0.29) is 12.2 Å². The van der Waals surface area contributed by atoms with E-state index >= 15 is 0 Å². The quantitative estimate of drug-likeness (QED) is 0.113. The number of carbonyl (C=O) groups is 2. The molecule has 8 heteroatoms. The van der Waals surface area contributed by atoms with Crippen molar-refractivity contribution in [3.8, 4) is 22.6 Å². The van der Waals surface area contributed by atoms with Gasteiger partial charge in [0.1, 0.15) is 18.1 Å². The minimum Gasteiger partial charge on any atom is -0.492 e. The first-order valence-corrected chi connectivity index (χ1v) is 19.4. The first-order chi connectivity index (χ1) is 22.4. The molecule has 0 spiro atoms. The van der Waals surface area contributed by atoms with Gasteiger partial charge in [-0.25, -0.2) is 9.59 Å². The molecule has 0 heterocycles. The van der Waals surface area contributed by atoms with E-state index in [4.69, 9.17) is 19.3 Å². The number of aryl methyl sites for hydroxylation is 4. The van der Waals surface area contributed by atoms with Crippen LogP contribution in [0.4, 0.5) is 0 Å². The molecule has 6 nitrogen and oxygen atoms in total. The lowest BCUT2D eigenvalue weighted by Gasteiger charge is -2.32. The van der Waals surface area contributed by atoms with Crippen LogP contribution in [-0.2, 0) is 14.3 Å². The fourth-order valence-electron chi connectivity index (χ4n) is 6.68. The molecule has 0 aromatic heterocycles. The van der Waals surface area contributed by atoms with Crippen molar-refractivity contribution in [2.75, 3.05) is 24.7 Å². The molecule has 2 aliphatic carbocycles. The normalized spacial score (nSPS) is 17.6. The molecule has 47 heavy (non-hydrogen) atoms. The monoisotopic (exact) mass is 682 g/mol. The van der Waals surface area contributed by atoms with Crippen molar-refractivity contribution in [2.45, 2.75) is 122 Å². The number of aliphatic carboxylic acids is 1. The van der Waals surface area contributed by atoms with Crippen molar-refractivity contribution in [3.05, 3.63) is 58.2 Å². The predicted octanol–water partition coefficient (Wildman–Crippen LogP) is 9.81. The molecule has 0 radical (unpaired) electrons. The van der Waals surface area contributed by atoms with Crippen LogP contribution in [0.25, 0.3) is 11.1 Å². The molecular weight excluding hydrogens is 629 g/mol. The summed E-state index contributed by atoms with van der Waals surface area (Å²) in [6, 6.07) is 8.71. The maximum absolute atomic E-state index is 12.9. The molecule has 1 atom stereocenters. The Hall–Kier alpha value is -2.58. The lowest BCUT2D eigenvalue weighted by Crippen LogP contribution is -2.41. The van der Waals surface area contributed by atoms with Crippen molar-refractivity contribution in [1.82, 2.24) is 0 Å². The third-order valence-electron chi connectivity index (χ3n) is 9.19. The summed E-state index contributed by atoms with van der Waals surface area (Å²) in [7, 11) is 0. The van der Waals surface area contributed by atoms with Crippen molar-refractivity contribution in [1.29, 1.82) is 0 Å². The zero-order valence-electron chi connectivity index (χ0n) is 29.2. The third kappa shape index (κ3) is 11.2. The third-order valence-corrected chi connectivity index (χ3v) is 12.3. The van der Waals surface area contributed by atoms with Gasteiger partial charge in [-0.1, -0.05) is 38.5 Å². The van der Waals surface area contributed by atoms with Crippen LogP contribution in [0.3, 0.4) is 0 Å². The number of hydrogen-bond acceptors (Lipinski definition) is 7. The number of carboxylic acid groups (broad SMARTS) is 1. The van der Waals surface area contributed by atoms with Crippen LogP contribution in [0.1, 0.15) is 100 Å². The van der Waals surface area contributed by atoms with E-state index in [1.54, 1.807) is 0 Å². The number of benzene rings is 2. The van der Waals surface area contributed by atoms with Crippen LogP contribution in [0.15, 0.2) is 35.9 Å². The van der Waals surface area contributed by atoms with Gasteiger partial charge in [0.2, 0.25) is 0 Å². The summed E-state index contributed by atoms with van der Waals surface area (Å²) in [6.07, 6.45) is 13.8. The number of carbonyl (C=O) groups excluding carboxylic acids is 1. The average Bonchev–Trinajstić information content (AvgIpc) is 3.03. The average molecular weight is 683 g/mol. The highest BCUT2D eigenvalue weighted by atomic mass is 32.2. The topological polar surface area (TPSA) is 82.1 Å². The second-order valence-corrected chi connectivity index (χ2v) is 16.4. The summed E-state index contributed by atoms with van der Waals surface area (Å²) in [5.74, 6) is 1.57. The van der Waals surface area contributed by atoms with Crippen molar-refractivity contribution >= 4 is 35.5 Å². The second-order valence-electron chi connectivity index (χ2n) is 13.7. The van der Waals surface area contributed by atoms with Crippen LogP contribution in [0, 0.1) is 27.7 Å². The summed E-state index contributed by atoms with van der Waals surface area (Å²) in [5.41, 5.74) is 5.68. The van der Waals surface area contributed by atoms with E-state index in [1.807, 2.05) is 32.5 Å². The van der Waals surface area contributed by atoms with Crippen LogP contribution in [-0.4, -0.2) is 57.9 Å². The maximum atomic E-state index is 12.9. The zero-order valence-corrected chi connectivity index (χ0v) is 30.9. The van der Waals surface area contributed by atoms with Gasteiger partial charge in [-0.3, -0.25) is 0 Å². The van der Waals surface area contributed by atoms with Gasteiger partial charge >= 0.3 is 11.9 Å². The van der Waals surface area contributed by atoms with Crippen LogP contribution < -0.4 is 9.47 Å². The molecule has 2 aromatic rings. The van der Waals surface area contributed by atoms with Crippen molar-refractivity contribution in [3.63, 3.8) is 0 Å². The van der Waals surface area contributed by atoms with Gasteiger partial charge < -0.3 is 19.3 Å². The standard InChI is InChI=1S/C39H54O6S2/c1-26-19-31(20-27(2)36(26)43-17-18-46-33-13-9-7-10-14-33)32-21-28(3)37(29(4)22-32)44-24-39(6,25-47-34-15-11-8-12-16-34)45-38(42)30(5)23-35(40)41/h19-23,33-34H,7-18,24-25H2,1-6H3,(H,40,41). The van der Waals surface area contributed by atoms with E-state index in [1.165, 1.54) is 71.1 Å². The Labute approximate surface area is 290 Å². The smallest absolute Gasteiger partial charge is 0.334 e. The van der Waals surface area contributed by atoms with E-state index < -0.39 is 17.5 Å². The highest BCUT2D eigenvalue weighted by Gasteiger charge is 2.33. The summed E-state index contributed by atoms with van der Waals surface area (Å²) < 4.78 is 18.7. The molecule has 2 aromatic carbocycles. The number of thioether (sulfide) groups is 2. The summed E-state index contributed by atoms with van der Waals surface area (Å²) >= 11 is 3.89. The highest BCUT2D eigenvalue weighted by molar-refractivity contribution is 8.00. The first kappa shape index (κ1) is 37.2. The minimum atomic E-state index is -1.17. The Kier molecular flexibility index (Phi) is 14.0. The van der Waals surface area contributed by atoms with Gasteiger partial charge in [-0.05, 0) is 125 Å². The maximum Gasteiger partial charge on any atom is 0.334 e. The summed E-state index contributed by atoms with van der Waals surface area (Å²) in [6.45, 7) is 12.6. The first-order valence-electron chi connectivity index (χ1n) is 17.3. The molecule has 2 aliphatic rings. The molecule has 1 N–H and O–H groups in total. The van der Waals surface area contributed by atoms with Gasteiger partial charge in [-0.15, -0.1) is 0 Å². The van der Waals surface area contributed by atoms with Crippen LogP contribution >= 0.6 is 23.5 Å². The molecular formula is C39H54O6S2. The van der Waals surface area contributed by atoms with Gasteiger partial charge in [0.25, 0.3) is 0 Å². The van der Waals surface area contributed by atoms with E-state index in [0.717, 1.165) is 68.6 Å². The van der Waals surface area contributed by atoms with Gasteiger partial charge in [0, 0.05) is 33.7 Å². The summed E-state index contributed by atoms with van der Waals surface area (Å²) in [5, 5.41) is 10.5. The fraction of sp³-hybridized carbons (Fsp3) is 0.590. The lowest BCUT2D eigenvalue weighted by molar-refractivity contribution is -0.154.